The summed E-state index contributed by atoms with van der Waals surface area (Å²) in [5, 5.41) is 3.24. The van der Waals surface area contributed by atoms with Gasteiger partial charge in [-0.3, -0.25) is 4.90 Å². The molecule has 1 saturated heterocycles. The molecule has 1 aliphatic rings. The first-order chi connectivity index (χ1) is 9.63. The van der Waals surface area contributed by atoms with Gasteiger partial charge in [-0.1, -0.05) is 12.1 Å². The van der Waals surface area contributed by atoms with Gasteiger partial charge in [0, 0.05) is 26.2 Å². The average Bonchev–Trinajstić information content (AvgIpc) is 2.44. The van der Waals surface area contributed by atoms with Crippen LogP contribution in [0.2, 0.25) is 0 Å². The number of halogens is 1. The molecule has 1 aromatic rings. The lowest BCUT2D eigenvalue weighted by Gasteiger charge is -2.33. The van der Waals surface area contributed by atoms with Gasteiger partial charge in [-0.2, -0.15) is 0 Å². The summed E-state index contributed by atoms with van der Waals surface area (Å²) >= 11 is 0. The van der Waals surface area contributed by atoms with E-state index in [1.807, 2.05) is 11.0 Å². The molecule has 1 atom stereocenters. The van der Waals surface area contributed by atoms with Gasteiger partial charge in [0.25, 0.3) is 0 Å². The van der Waals surface area contributed by atoms with Gasteiger partial charge in [0.2, 0.25) is 0 Å². The number of piperazine rings is 1. The number of benzene rings is 1. The van der Waals surface area contributed by atoms with Crippen molar-refractivity contribution in [2.75, 3.05) is 32.8 Å². The Bertz CT molecular complexity index is 473. The lowest BCUT2D eigenvalue weighted by Crippen LogP contribution is -2.47. The van der Waals surface area contributed by atoms with Crippen molar-refractivity contribution in [3.63, 3.8) is 0 Å². The van der Waals surface area contributed by atoms with Crippen molar-refractivity contribution < 1.29 is 13.9 Å². The van der Waals surface area contributed by atoms with Crippen LogP contribution < -0.4 is 5.32 Å². The van der Waals surface area contributed by atoms with Gasteiger partial charge in [-0.25, -0.2) is 9.18 Å². The fourth-order valence-corrected chi connectivity index (χ4v) is 2.44. The predicted molar refractivity (Wildman–Crippen MR) is 75.0 cm³/mol. The second-order valence-electron chi connectivity index (χ2n) is 4.95. The van der Waals surface area contributed by atoms with Crippen LogP contribution in [0.1, 0.15) is 24.1 Å². The van der Waals surface area contributed by atoms with Gasteiger partial charge in [0.1, 0.15) is 11.9 Å². The molecule has 1 unspecified atom stereocenters. The van der Waals surface area contributed by atoms with E-state index in [0.717, 1.165) is 26.2 Å². The Labute approximate surface area is 118 Å². The van der Waals surface area contributed by atoms with Crippen LogP contribution >= 0.6 is 0 Å². The maximum absolute atomic E-state index is 13.8. The average molecular weight is 280 g/mol. The second-order valence-corrected chi connectivity index (χ2v) is 4.95. The van der Waals surface area contributed by atoms with E-state index in [1.165, 1.54) is 6.07 Å². The van der Waals surface area contributed by atoms with E-state index >= 15 is 0 Å². The molecule has 1 heterocycles. The highest BCUT2D eigenvalue weighted by Gasteiger charge is 2.30. The minimum atomic E-state index is -0.521. The molecule has 0 aliphatic carbocycles. The molecular formula is C15H21FN2O2. The van der Waals surface area contributed by atoms with Crippen molar-refractivity contribution in [3.8, 4) is 0 Å². The minimum absolute atomic E-state index is 0.285. The van der Waals surface area contributed by atoms with Gasteiger partial charge in [0.05, 0.1) is 6.61 Å². The van der Waals surface area contributed by atoms with Crippen LogP contribution in [0.4, 0.5) is 4.39 Å². The number of rotatable bonds is 4. The molecule has 1 N–H and O–H groups in total. The number of hydrogen-bond acceptors (Lipinski definition) is 4. The molecule has 1 aromatic carbocycles. The first-order valence-electron chi connectivity index (χ1n) is 7.01. The molecular weight excluding hydrogens is 259 g/mol. The highest BCUT2D eigenvalue weighted by molar-refractivity contribution is 5.77. The van der Waals surface area contributed by atoms with Gasteiger partial charge >= 0.3 is 5.97 Å². The number of ether oxygens (including phenoxy) is 1. The second kappa shape index (κ2) is 6.81. The minimum Gasteiger partial charge on any atom is -0.465 e. The molecule has 0 radical (unpaired) electrons. The Balaban J connectivity index is 2.28. The molecule has 5 heteroatoms. The number of carbonyl (C=O) groups excluding carboxylic acids is 1. The van der Waals surface area contributed by atoms with Gasteiger partial charge in [-0.05, 0) is 31.0 Å². The van der Waals surface area contributed by atoms with Crippen LogP contribution in [0.25, 0.3) is 0 Å². The third-order valence-corrected chi connectivity index (χ3v) is 3.54. The van der Waals surface area contributed by atoms with Crippen LogP contribution in [0.5, 0.6) is 0 Å². The first kappa shape index (κ1) is 14.9. The first-order valence-corrected chi connectivity index (χ1v) is 7.01. The molecule has 0 aromatic heterocycles. The van der Waals surface area contributed by atoms with Crippen LogP contribution in [-0.2, 0) is 9.53 Å². The maximum atomic E-state index is 13.8. The van der Waals surface area contributed by atoms with E-state index in [9.17, 15) is 9.18 Å². The smallest absolute Gasteiger partial charge is 0.328 e. The van der Waals surface area contributed by atoms with Gasteiger partial charge in [0.15, 0.2) is 0 Å². The van der Waals surface area contributed by atoms with Crippen molar-refractivity contribution in [1.29, 1.82) is 0 Å². The van der Waals surface area contributed by atoms with E-state index in [1.54, 1.807) is 19.9 Å². The van der Waals surface area contributed by atoms with E-state index in [0.29, 0.717) is 17.7 Å². The zero-order valence-corrected chi connectivity index (χ0v) is 12.0. The SMILES string of the molecule is CCOC(=O)C(c1ccc(C)c(F)c1)N1CCNCC1. The molecule has 1 aliphatic heterocycles. The fourth-order valence-electron chi connectivity index (χ4n) is 2.44. The normalized spacial score (nSPS) is 17.8. The van der Waals surface area contributed by atoms with E-state index in [-0.39, 0.29) is 11.8 Å². The number of nitrogens with one attached hydrogen (secondary N) is 1. The number of esters is 1. The number of carbonyl (C=O) groups is 1. The number of hydrogen-bond donors (Lipinski definition) is 1. The van der Waals surface area contributed by atoms with Crippen molar-refractivity contribution in [1.82, 2.24) is 10.2 Å². The fraction of sp³-hybridized carbons (Fsp3) is 0.533. The third kappa shape index (κ3) is 3.35. The van der Waals surface area contributed by atoms with Gasteiger partial charge in [-0.15, -0.1) is 0 Å². The topological polar surface area (TPSA) is 41.6 Å². The summed E-state index contributed by atoms with van der Waals surface area (Å²) in [6.07, 6.45) is 0. The van der Waals surface area contributed by atoms with Crippen LogP contribution in [0, 0.1) is 12.7 Å². The monoisotopic (exact) mass is 280 g/mol. The van der Waals surface area contributed by atoms with Crippen molar-refractivity contribution in [3.05, 3.63) is 35.1 Å². The van der Waals surface area contributed by atoms with Crippen LogP contribution in [0.15, 0.2) is 18.2 Å². The lowest BCUT2D eigenvalue weighted by atomic mass is 10.0. The summed E-state index contributed by atoms with van der Waals surface area (Å²) < 4.78 is 18.9. The standard InChI is InChI=1S/C15H21FN2O2/c1-3-20-15(19)14(18-8-6-17-7-9-18)12-5-4-11(2)13(16)10-12/h4-5,10,14,17H,3,6-9H2,1-2H3. The van der Waals surface area contributed by atoms with E-state index in [4.69, 9.17) is 4.74 Å². The highest BCUT2D eigenvalue weighted by Crippen LogP contribution is 2.24. The van der Waals surface area contributed by atoms with Gasteiger partial charge < -0.3 is 10.1 Å². The molecule has 0 amide bonds. The van der Waals surface area contributed by atoms with Crippen LogP contribution in [-0.4, -0.2) is 43.7 Å². The lowest BCUT2D eigenvalue weighted by molar-refractivity contribution is -0.150. The number of aryl methyl sites for hydroxylation is 1. The Morgan fingerprint density at radius 1 is 1.45 bits per heavy atom. The Morgan fingerprint density at radius 3 is 2.75 bits per heavy atom. The summed E-state index contributed by atoms with van der Waals surface area (Å²) in [6.45, 7) is 6.97. The van der Waals surface area contributed by atoms with E-state index < -0.39 is 6.04 Å². The summed E-state index contributed by atoms with van der Waals surface area (Å²) in [7, 11) is 0. The molecule has 2 rings (SSSR count). The summed E-state index contributed by atoms with van der Waals surface area (Å²) in [4.78, 5) is 14.3. The summed E-state index contributed by atoms with van der Waals surface area (Å²) in [5.74, 6) is -0.593. The zero-order valence-electron chi connectivity index (χ0n) is 12.0. The highest BCUT2D eigenvalue weighted by atomic mass is 19.1. The predicted octanol–water partition coefficient (Wildman–Crippen LogP) is 1.64. The Kier molecular flexibility index (Phi) is 5.09. The molecule has 0 bridgehead atoms. The quantitative estimate of drug-likeness (QED) is 0.851. The Morgan fingerprint density at radius 2 is 2.15 bits per heavy atom. The van der Waals surface area contributed by atoms with Crippen molar-refractivity contribution in [2.45, 2.75) is 19.9 Å². The third-order valence-electron chi connectivity index (χ3n) is 3.54. The van der Waals surface area contributed by atoms with E-state index in [2.05, 4.69) is 5.32 Å². The zero-order chi connectivity index (χ0) is 14.5. The summed E-state index contributed by atoms with van der Waals surface area (Å²) in [5.41, 5.74) is 1.24. The molecule has 20 heavy (non-hydrogen) atoms. The van der Waals surface area contributed by atoms with Crippen molar-refractivity contribution in [2.24, 2.45) is 0 Å². The molecule has 0 saturated carbocycles. The Hall–Kier alpha value is -1.46. The summed E-state index contributed by atoms with van der Waals surface area (Å²) in [6, 6.07) is 4.44. The number of nitrogens with zero attached hydrogens (tertiary/aromatic N) is 1. The maximum Gasteiger partial charge on any atom is 0.328 e. The molecule has 4 nitrogen and oxygen atoms in total. The largest absolute Gasteiger partial charge is 0.465 e. The van der Waals surface area contributed by atoms with Crippen molar-refractivity contribution >= 4 is 5.97 Å². The molecule has 1 fully saturated rings. The molecule has 110 valence electrons. The van der Waals surface area contributed by atoms with Crippen LogP contribution in [0.3, 0.4) is 0 Å². The molecule has 0 spiro atoms.